The number of rotatable bonds is 5. The first-order chi connectivity index (χ1) is 9.88. The van der Waals surface area contributed by atoms with Gasteiger partial charge in [0.25, 0.3) is 0 Å². The number of hydrogen-bond donors (Lipinski definition) is 2. The van der Waals surface area contributed by atoms with E-state index in [9.17, 15) is 9.90 Å². The van der Waals surface area contributed by atoms with E-state index in [1.807, 2.05) is 6.92 Å². The van der Waals surface area contributed by atoms with Gasteiger partial charge in [0.2, 0.25) is 0 Å². The van der Waals surface area contributed by atoms with Crippen molar-refractivity contribution >= 4 is 5.97 Å². The van der Waals surface area contributed by atoms with Gasteiger partial charge in [-0.1, -0.05) is 0 Å². The van der Waals surface area contributed by atoms with E-state index in [4.69, 9.17) is 9.47 Å². The van der Waals surface area contributed by atoms with E-state index in [0.29, 0.717) is 38.8 Å². The maximum Gasteiger partial charge on any atom is 0.308 e. The molecule has 1 aliphatic carbocycles. The molecule has 0 amide bonds. The summed E-state index contributed by atoms with van der Waals surface area (Å²) in [5.41, 5.74) is -0.776. The number of carbonyl (C=O) groups excluding carboxylic acids is 1. The van der Waals surface area contributed by atoms with Crippen molar-refractivity contribution in [3.05, 3.63) is 0 Å². The lowest BCUT2D eigenvalue weighted by molar-refractivity contribution is -0.151. The standard InChI is InChI=1S/C16H29NO4/c1-4-20-14(18)13-5-7-16(19,8-6-13)11-17-15(3)9-10-21-12(15)2/h12-13,17,19H,4-11H2,1-3H3. The predicted octanol–water partition coefficient (Wildman–Crippen LogP) is 1.63. The fourth-order valence-corrected chi connectivity index (χ4v) is 3.26. The highest BCUT2D eigenvalue weighted by atomic mass is 16.5. The number of β-amino-alcohol motifs (C(OH)–C–C–N with tert-alkyl or cyclic N) is 1. The number of hydrogen-bond acceptors (Lipinski definition) is 5. The van der Waals surface area contributed by atoms with Crippen molar-refractivity contribution in [2.75, 3.05) is 19.8 Å². The summed E-state index contributed by atoms with van der Waals surface area (Å²) in [7, 11) is 0. The van der Waals surface area contributed by atoms with Crippen LogP contribution in [0.2, 0.25) is 0 Å². The molecule has 2 unspecified atom stereocenters. The molecule has 0 radical (unpaired) electrons. The SMILES string of the molecule is CCOC(=O)C1CCC(O)(CNC2(C)CCOC2C)CC1. The van der Waals surface area contributed by atoms with Gasteiger partial charge in [-0.2, -0.15) is 0 Å². The van der Waals surface area contributed by atoms with Crippen LogP contribution in [0.3, 0.4) is 0 Å². The van der Waals surface area contributed by atoms with Gasteiger partial charge in [0.15, 0.2) is 0 Å². The van der Waals surface area contributed by atoms with Crippen LogP contribution in [0, 0.1) is 5.92 Å². The van der Waals surface area contributed by atoms with Crippen molar-refractivity contribution < 1.29 is 19.4 Å². The summed E-state index contributed by atoms with van der Waals surface area (Å²) in [6, 6.07) is 0. The zero-order valence-corrected chi connectivity index (χ0v) is 13.5. The van der Waals surface area contributed by atoms with Crippen LogP contribution < -0.4 is 5.32 Å². The highest BCUT2D eigenvalue weighted by molar-refractivity contribution is 5.72. The number of esters is 1. The van der Waals surface area contributed by atoms with E-state index in [0.717, 1.165) is 13.0 Å². The topological polar surface area (TPSA) is 67.8 Å². The molecule has 1 heterocycles. The van der Waals surface area contributed by atoms with E-state index in [1.165, 1.54) is 0 Å². The first-order valence-electron chi connectivity index (χ1n) is 8.14. The van der Waals surface area contributed by atoms with Crippen molar-refractivity contribution in [3.63, 3.8) is 0 Å². The van der Waals surface area contributed by atoms with Crippen molar-refractivity contribution in [1.29, 1.82) is 0 Å². The van der Waals surface area contributed by atoms with E-state index in [1.54, 1.807) is 0 Å². The zero-order valence-electron chi connectivity index (χ0n) is 13.5. The second-order valence-corrected chi connectivity index (χ2v) is 6.78. The summed E-state index contributed by atoms with van der Waals surface area (Å²) in [5.74, 6) is -0.160. The van der Waals surface area contributed by atoms with E-state index >= 15 is 0 Å². The highest BCUT2D eigenvalue weighted by Crippen LogP contribution is 2.34. The molecule has 21 heavy (non-hydrogen) atoms. The molecule has 0 bridgehead atoms. The molecule has 0 aromatic carbocycles. The molecule has 0 aromatic rings. The molecular formula is C16H29NO4. The molecule has 2 fully saturated rings. The lowest BCUT2D eigenvalue weighted by atomic mass is 9.78. The molecule has 2 N–H and O–H groups in total. The van der Waals surface area contributed by atoms with Crippen molar-refractivity contribution in [2.45, 2.75) is 70.1 Å². The lowest BCUT2D eigenvalue weighted by Crippen LogP contribution is -2.54. The molecule has 2 aliphatic rings. The molecular weight excluding hydrogens is 270 g/mol. The van der Waals surface area contributed by atoms with Crippen LogP contribution in [0.5, 0.6) is 0 Å². The number of aliphatic hydroxyl groups is 1. The lowest BCUT2D eigenvalue weighted by Gasteiger charge is -2.39. The summed E-state index contributed by atoms with van der Waals surface area (Å²) in [4.78, 5) is 11.7. The summed E-state index contributed by atoms with van der Waals surface area (Å²) in [6.45, 7) is 7.81. The summed E-state index contributed by atoms with van der Waals surface area (Å²) in [5, 5.41) is 14.2. The van der Waals surface area contributed by atoms with Gasteiger partial charge in [-0.3, -0.25) is 4.79 Å². The molecule has 5 nitrogen and oxygen atoms in total. The minimum atomic E-state index is -0.714. The molecule has 2 rings (SSSR count). The first-order valence-corrected chi connectivity index (χ1v) is 8.14. The van der Waals surface area contributed by atoms with Crippen LogP contribution in [-0.4, -0.2) is 48.1 Å². The molecule has 1 aliphatic heterocycles. The van der Waals surface area contributed by atoms with Gasteiger partial charge in [0, 0.05) is 18.7 Å². The summed E-state index contributed by atoms with van der Waals surface area (Å²) < 4.78 is 10.7. The Hall–Kier alpha value is -0.650. The van der Waals surface area contributed by atoms with Crippen molar-refractivity contribution in [1.82, 2.24) is 5.32 Å². The minimum Gasteiger partial charge on any atom is -0.466 e. The fourth-order valence-electron chi connectivity index (χ4n) is 3.26. The summed E-state index contributed by atoms with van der Waals surface area (Å²) >= 11 is 0. The van der Waals surface area contributed by atoms with Gasteiger partial charge in [-0.15, -0.1) is 0 Å². The molecule has 1 saturated carbocycles. The van der Waals surface area contributed by atoms with Crippen molar-refractivity contribution in [3.8, 4) is 0 Å². The molecule has 1 saturated heterocycles. The monoisotopic (exact) mass is 299 g/mol. The second-order valence-electron chi connectivity index (χ2n) is 6.78. The van der Waals surface area contributed by atoms with Gasteiger partial charge in [0.05, 0.1) is 24.2 Å². The Labute approximate surface area is 127 Å². The number of carbonyl (C=O) groups is 1. The quantitative estimate of drug-likeness (QED) is 0.755. The van der Waals surface area contributed by atoms with Crippen LogP contribution in [0.25, 0.3) is 0 Å². The number of ether oxygens (including phenoxy) is 2. The molecule has 5 heteroatoms. The normalized spacial score (nSPS) is 40.2. The van der Waals surface area contributed by atoms with Crippen molar-refractivity contribution in [2.24, 2.45) is 5.92 Å². The Morgan fingerprint density at radius 2 is 2.05 bits per heavy atom. The Morgan fingerprint density at radius 3 is 2.57 bits per heavy atom. The third-order valence-corrected chi connectivity index (χ3v) is 5.24. The smallest absolute Gasteiger partial charge is 0.308 e. The van der Waals surface area contributed by atoms with Gasteiger partial charge >= 0.3 is 5.97 Å². The number of nitrogens with one attached hydrogen (secondary N) is 1. The highest BCUT2D eigenvalue weighted by Gasteiger charge is 2.41. The Morgan fingerprint density at radius 1 is 1.38 bits per heavy atom. The van der Waals surface area contributed by atoms with Gasteiger partial charge in [-0.05, 0) is 52.9 Å². The summed E-state index contributed by atoms with van der Waals surface area (Å²) in [6.07, 6.45) is 3.84. The van der Waals surface area contributed by atoms with Crippen LogP contribution in [0.4, 0.5) is 0 Å². The van der Waals surface area contributed by atoms with E-state index < -0.39 is 5.60 Å². The van der Waals surface area contributed by atoms with E-state index in [2.05, 4.69) is 19.2 Å². The zero-order chi connectivity index (χ0) is 15.5. The fraction of sp³-hybridized carbons (Fsp3) is 0.938. The van der Waals surface area contributed by atoms with E-state index in [-0.39, 0.29) is 23.5 Å². The molecule has 0 spiro atoms. The largest absolute Gasteiger partial charge is 0.466 e. The van der Waals surface area contributed by atoms with Crippen LogP contribution in [0.1, 0.15) is 52.9 Å². The van der Waals surface area contributed by atoms with Gasteiger partial charge < -0.3 is 19.9 Å². The molecule has 2 atom stereocenters. The molecule has 0 aromatic heterocycles. The Balaban J connectivity index is 1.81. The Bertz CT molecular complexity index is 365. The maximum atomic E-state index is 11.7. The third kappa shape index (κ3) is 3.96. The van der Waals surface area contributed by atoms with Gasteiger partial charge in [-0.25, -0.2) is 0 Å². The van der Waals surface area contributed by atoms with Crippen LogP contribution >= 0.6 is 0 Å². The molecule has 122 valence electrons. The Kier molecular flexibility index (Phi) is 5.28. The van der Waals surface area contributed by atoms with Gasteiger partial charge in [0.1, 0.15) is 0 Å². The maximum absolute atomic E-state index is 11.7. The third-order valence-electron chi connectivity index (χ3n) is 5.24. The predicted molar refractivity (Wildman–Crippen MR) is 80.0 cm³/mol. The van der Waals surface area contributed by atoms with Crippen LogP contribution in [0.15, 0.2) is 0 Å². The average molecular weight is 299 g/mol. The average Bonchev–Trinajstić information content (AvgIpc) is 2.78. The minimum absolute atomic E-state index is 0.0467. The first kappa shape index (κ1) is 16.7. The van der Waals surface area contributed by atoms with Crippen LogP contribution in [-0.2, 0) is 14.3 Å². The second kappa shape index (κ2) is 6.63.